The van der Waals surface area contributed by atoms with Crippen molar-refractivity contribution in [2.24, 2.45) is 5.92 Å². The van der Waals surface area contributed by atoms with E-state index < -0.39 is 23.8 Å². The Morgan fingerprint density at radius 3 is 2.10 bits per heavy atom. The number of benzene rings is 1. The summed E-state index contributed by atoms with van der Waals surface area (Å²) in [5.41, 5.74) is 2.19. The van der Waals surface area contributed by atoms with E-state index in [1.54, 1.807) is 25.7 Å². The number of ether oxygens (including phenoxy) is 1. The van der Waals surface area contributed by atoms with Crippen molar-refractivity contribution in [1.29, 1.82) is 0 Å². The molecule has 0 fully saturated rings. The zero-order valence-electron chi connectivity index (χ0n) is 26.1. The molecule has 1 aromatic carbocycles. The second kappa shape index (κ2) is 17.2. The SMILES string of the molecule is CCCCCCCCN(C(=O)C(NC(=O)OC(C)(C)C)C(C)C)C(C(=O)NCCCC)c1ccc(C)cc1C. The maximum absolute atomic E-state index is 14.3. The van der Waals surface area contributed by atoms with Gasteiger partial charge in [0, 0.05) is 13.1 Å². The minimum absolute atomic E-state index is 0.186. The van der Waals surface area contributed by atoms with Crippen molar-refractivity contribution in [2.75, 3.05) is 13.1 Å². The molecule has 0 saturated carbocycles. The van der Waals surface area contributed by atoms with Gasteiger partial charge in [0.25, 0.3) is 0 Å². The Balaban J connectivity index is 3.44. The highest BCUT2D eigenvalue weighted by molar-refractivity contribution is 5.92. The number of aryl methyl sites for hydroxylation is 2. The number of nitrogens with one attached hydrogen (secondary N) is 2. The van der Waals surface area contributed by atoms with Gasteiger partial charge in [-0.2, -0.15) is 0 Å². The average Bonchev–Trinajstić information content (AvgIpc) is 2.83. The van der Waals surface area contributed by atoms with Crippen LogP contribution in [0.25, 0.3) is 0 Å². The first-order valence-electron chi connectivity index (χ1n) is 15.0. The van der Waals surface area contributed by atoms with Gasteiger partial charge in [-0.3, -0.25) is 9.59 Å². The second-order valence-electron chi connectivity index (χ2n) is 12.1. The fraction of sp³-hybridized carbons (Fsp3) is 0.719. The van der Waals surface area contributed by atoms with E-state index in [1.165, 1.54) is 12.8 Å². The molecule has 0 radical (unpaired) electrons. The molecule has 3 amide bonds. The smallest absolute Gasteiger partial charge is 0.408 e. The summed E-state index contributed by atoms with van der Waals surface area (Å²) in [5.74, 6) is -0.644. The Hall–Kier alpha value is -2.57. The van der Waals surface area contributed by atoms with Crippen molar-refractivity contribution in [3.8, 4) is 0 Å². The third-order valence-corrected chi connectivity index (χ3v) is 6.75. The first-order chi connectivity index (χ1) is 18.3. The lowest BCUT2D eigenvalue weighted by molar-refractivity contribution is -0.143. The van der Waals surface area contributed by atoms with E-state index in [2.05, 4.69) is 24.5 Å². The number of hydrogen-bond acceptors (Lipinski definition) is 4. The molecule has 39 heavy (non-hydrogen) atoms. The van der Waals surface area contributed by atoms with E-state index in [9.17, 15) is 14.4 Å². The van der Waals surface area contributed by atoms with Crippen LogP contribution >= 0.6 is 0 Å². The van der Waals surface area contributed by atoms with Crippen LogP contribution in [0.5, 0.6) is 0 Å². The number of nitrogens with zero attached hydrogens (tertiary/aromatic N) is 1. The van der Waals surface area contributed by atoms with Crippen LogP contribution in [0, 0.1) is 19.8 Å². The van der Waals surface area contributed by atoms with E-state index >= 15 is 0 Å². The maximum atomic E-state index is 14.3. The monoisotopic (exact) mass is 545 g/mol. The molecule has 1 rings (SSSR count). The zero-order valence-corrected chi connectivity index (χ0v) is 26.1. The Bertz CT molecular complexity index is 907. The van der Waals surface area contributed by atoms with E-state index in [0.29, 0.717) is 13.1 Å². The summed E-state index contributed by atoms with van der Waals surface area (Å²) in [6, 6.07) is 4.39. The van der Waals surface area contributed by atoms with Crippen LogP contribution in [0.1, 0.15) is 123 Å². The third kappa shape index (κ3) is 12.4. The van der Waals surface area contributed by atoms with Crippen LogP contribution in [0.3, 0.4) is 0 Å². The van der Waals surface area contributed by atoms with Crippen molar-refractivity contribution < 1.29 is 19.1 Å². The van der Waals surface area contributed by atoms with Crippen LogP contribution in [0.2, 0.25) is 0 Å². The molecule has 2 unspecified atom stereocenters. The summed E-state index contributed by atoms with van der Waals surface area (Å²) in [5, 5.41) is 5.88. The minimum Gasteiger partial charge on any atom is -0.444 e. The third-order valence-electron chi connectivity index (χ3n) is 6.75. The number of unbranched alkanes of at least 4 members (excludes halogenated alkanes) is 6. The predicted octanol–water partition coefficient (Wildman–Crippen LogP) is 7.00. The van der Waals surface area contributed by atoms with Gasteiger partial charge >= 0.3 is 6.09 Å². The molecule has 0 saturated heterocycles. The molecule has 7 nitrogen and oxygen atoms in total. The summed E-state index contributed by atoms with van der Waals surface area (Å²) in [4.78, 5) is 42.4. The van der Waals surface area contributed by atoms with E-state index in [-0.39, 0.29) is 17.7 Å². The largest absolute Gasteiger partial charge is 0.444 e. The Kier molecular flexibility index (Phi) is 15.2. The number of alkyl carbamates (subject to hydrolysis) is 1. The number of carbonyl (C=O) groups excluding carboxylic acids is 3. The van der Waals surface area contributed by atoms with Crippen molar-refractivity contribution in [1.82, 2.24) is 15.5 Å². The van der Waals surface area contributed by atoms with Gasteiger partial charge in [-0.25, -0.2) is 4.79 Å². The molecular formula is C32H55N3O4. The van der Waals surface area contributed by atoms with Gasteiger partial charge < -0.3 is 20.3 Å². The number of hydrogen-bond donors (Lipinski definition) is 2. The van der Waals surface area contributed by atoms with E-state index in [0.717, 1.165) is 55.2 Å². The predicted molar refractivity (Wildman–Crippen MR) is 160 cm³/mol. The molecule has 0 heterocycles. The number of amides is 3. The highest BCUT2D eigenvalue weighted by atomic mass is 16.6. The molecule has 0 aliphatic rings. The average molecular weight is 546 g/mol. The first kappa shape index (κ1) is 34.5. The Morgan fingerprint density at radius 1 is 0.923 bits per heavy atom. The minimum atomic E-state index is -0.823. The first-order valence-corrected chi connectivity index (χ1v) is 15.0. The normalized spacial score (nSPS) is 13.1. The van der Waals surface area contributed by atoms with Crippen LogP contribution in [-0.4, -0.2) is 47.5 Å². The fourth-order valence-electron chi connectivity index (χ4n) is 4.62. The van der Waals surface area contributed by atoms with Gasteiger partial charge in [0.15, 0.2) is 0 Å². The molecule has 1 aromatic rings. The van der Waals surface area contributed by atoms with Crippen molar-refractivity contribution >= 4 is 17.9 Å². The van der Waals surface area contributed by atoms with Gasteiger partial charge in [-0.05, 0) is 64.5 Å². The maximum Gasteiger partial charge on any atom is 0.408 e. The summed E-state index contributed by atoms with van der Waals surface area (Å²) in [6.45, 7) is 18.4. The van der Waals surface area contributed by atoms with Crippen LogP contribution < -0.4 is 10.6 Å². The zero-order chi connectivity index (χ0) is 29.6. The van der Waals surface area contributed by atoms with Crippen molar-refractivity contribution in [3.05, 3.63) is 34.9 Å². The summed E-state index contributed by atoms with van der Waals surface area (Å²) >= 11 is 0. The van der Waals surface area contributed by atoms with E-state index in [4.69, 9.17) is 4.74 Å². The van der Waals surface area contributed by atoms with Gasteiger partial charge in [0.05, 0.1) is 0 Å². The summed E-state index contributed by atoms with van der Waals surface area (Å²) in [6.07, 6.45) is 7.59. The van der Waals surface area contributed by atoms with Crippen LogP contribution in [-0.2, 0) is 14.3 Å². The molecule has 0 spiro atoms. The van der Waals surface area contributed by atoms with Crippen LogP contribution in [0.15, 0.2) is 18.2 Å². The molecule has 0 aliphatic heterocycles. The van der Waals surface area contributed by atoms with E-state index in [1.807, 2.05) is 45.9 Å². The lowest BCUT2D eigenvalue weighted by atomic mass is 9.94. The molecule has 0 aromatic heterocycles. The Morgan fingerprint density at radius 2 is 1.54 bits per heavy atom. The lowest BCUT2D eigenvalue weighted by Crippen LogP contribution is -2.55. The molecule has 222 valence electrons. The molecular weight excluding hydrogens is 490 g/mol. The highest BCUT2D eigenvalue weighted by Gasteiger charge is 2.37. The van der Waals surface area contributed by atoms with Gasteiger partial charge in [0.1, 0.15) is 17.7 Å². The molecule has 2 atom stereocenters. The topological polar surface area (TPSA) is 87.7 Å². The summed E-state index contributed by atoms with van der Waals surface area (Å²) in [7, 11) is 0. The van der Waals surface area contributed by atoms with Gasteiger partial charge in [0.2, 0.25) is 11.8 Å². The quantitative estimate of drug-likeness (QED) is 0.219. The van der Waals surface area contributed by atoms with Crippen LogP contribution in [0.4, 0.5) is 4.79 Å². The summed E-state index contributed by atoms with van der Waals surface area (Å²) < 4.78 is 5.47. The second-order valence-corrected chi connectivity index (χ2v) is 12.1. The molecule has 0 aliphatic carbocycles. The lowest BCUT2D eigenvalue weighted by Gasteiger charge is -2.36. The molecule has 7 heteroatoms. The number of rotatable bonds is 16. The number of carbonyl (C=O) groups is 3. The molecule has 0 bridgehead atoms. The highest BCUT2D eigenvalue weighted by Crippen LogP contribution is 2.28. The Labute approximate surface area is 237 Å². The van der Waals surface area contributed by atoms with Crippen molar-refractivity contribution in [3.63, 3.8) is 0 Å². The molecule has 2 N–H and O–H groups in total. The van der Waals surface area contributed by atoms with Gasteiger partial charge in [-0.15, -0.1) is 0 Å². The van der Waals surface area contributed by atoms with Gasteiger partial charge in [-0.1, -0.05) is 90.0 Å². The standard InChI is InChI=1S/C32H55N3O4/c1-10-12-14-15-16-17-21-35(30(37)27(23(3)4)34-31(38)39-32(7,8)9)28(29(36)33-20-13-11-2)26-19-18-24(5)22-25(26)6/h18-19,22-23,27-28H,10-17,20-21H2,1-9H3,(H,33,36)(H,34,38). The fourth-order valence-corrected chi connectivity index (χ4v) is 4.62. The van der Waals surface area contributed by atoms with Crippen molar-refractivity contribution in [2.45, 2.75) is 131 Å².